The van der Waals surface area contributed by atoms with E-state index in [1.807, 2.05) is 0 Å². The number of fused-ring (bicyclic) bond motifs is 2. The fourth-order valence-electron chi connectivity index (χ4n) is 3.29. The van der Waals surface area contributed by atoms with Gasteiger partial charge in [0.05, 0.1) is 12.1 Å². The molecule has 2 aliphatic rings. The van der Waals surface area contributed by atoms with Crippen LogP contribution in [0.1, 0.15) is 34.3 Å². The minimum atomic E-state index is 0.345. The molecule has 4 heteroatoms. The third kappa shape index (κ3) is 2.06. The first kappa shape index (κ1) is 13.0. The first-order valence-electron chi connectivity index (χ1n) is 6.76. The van der Waals surface area contributed by atoms with Crippen LogP contribution < -0.4 is 10.6 Å². The molecule has 0 saturated heterocycles. The van der Waals surface area contributed by atoms with Crippen molar-refractivity contribution in [1.82, 2.24) is 10.6 Å². The van der Waals surface area contributed by atoms with E-state index in [4.69, 9.17) is 0 Å². The average molecular weight is 394 g/mol. The molecule has 0 spiro atoms. The maximum Gasteiger partial charge on any atom is 0.0524 e. The van der Waals surface area contributed by atoms with Crippen molar-refractivity contribution in [3.8, 4) is 0 Å². The smallest absolute Gasteiger partial charge is 0.0524 e. The van der Waals surface area contributed by atoms with E-state index in [0.29, 0.717) is 12.1 Å². The van der Waals surface area contributed by atoms with Crippen molar-refractivity contribution in [1.29, 1.82) is 0 Å². The van der Waals surface area contributed by atoms with Crippen LogP contribution in [0, 0.1) is 0 Å². The molecule has 0 aromatic heterocycles. The van der Waals surface area contributed by atoms with Crippen LogP contribution in [0.25, 0.3) is 0 Å². The van der Waals surface area contributed by atoms with Crippen LogP contribution in [0.4, 0.5) is 0 Å². The third-order valence-corrected chi connectivity index (χ3v) is 5.23. The van der Waals surface area contributed by atoms with Gasteiger partial charge in [0.2, 0.25) is 0 Å². The Morgan fingerprint density at radius 3 is 1.65 bits per heavy atom. The van der Waals surface area contributed by atoms with Crippen molar-refractivity contribution >= 4 is 31.9 Å². The molecule has 2 aromatic rings. The largest absolute Gasteiger partial charge is 0.304 e. The van der Waals surface area contributed by atoms with Gasteiger partial charge < -0.3 is 10.6 Å². The Balaban J connectivity index is 1.76. The molecule has 2 N–H and O–H groups in total. The molecule has 0 radical (unpaired) electrons. The van der Waals surface area contributed by atoms with Crippen LogP contribution in [-0.4, -0.2) is 0 Å². The lowest BCUT2D eigenvalue weighted by atomic mass is 9.94. The van der Waals surface area contributed by atoms with Crippen LogP contribution in [-0.2, 0) is 13.1 Å². The fourth-order valence-corrected chi connectivity index (χ4v) is 4.04. The van der Waals surface area contributed by atoms with Gasteiger partial charge in [0.1, 0.15) is 0 Å². The summed E-state index contributed by atoms with van der Waals surface area (Å²) in [5, 5.41) is 7.31. The SMILES string of the molecule is Brc1ccc2c(c1)[C@H]([C@@H]1NCc3ccc(Br)cc31)NC2. The normalized spacial score (nSPS) is 23.7. The van der Waals surface area contributed by atoms with Gasteiger partial charge in [0.25, 0.3) is 0 Å². The molecule has 0 fully saturated rings. The van der Waals surface area contributed by atoms with E-state index >= 15 is 0 Å². The molecule has 0 aliphatic carbocycles. The summed E-state index contributed by atoms with van der Waals surface area (Å²) < 4.78 is 2.30. The van der Waals surface area contributed by atoms with Crippen molar-refractivity contribution in [2.75, 3.05) is 0 Å². The third-order valence-electron chi connectivity index (χ3n) is 4.24. The van der Waals surface area contributed by atoms with Crippen LogP contribution in [0.5, 0.6) is 0 Å². The molecule has 0 unspecified atom stereocenters. The van der Waals surface area contributed by atoms with Gasteiger partial charge in [-0.05, 0) is 46.5 Å². The van der Waals surface area contributed by atoms with Gasteiger partial charge in [0, 0.05) is 22.0 Å². The standard InChI is InChI=1S/C16H14Br2N2/c17-11-3-1-9-7-19-15(13(9)5-11)16-14-6-12(18)4-2-10(14)8-20-16/h1-6,15-16,19-20H,7-8H2/t15-,16-/m1/s1. The molecule has 0 amide bonds. The highest BCUT2D eigenvalue weighted by atomic mass is 79.9. The Morgan fingerprint density at radius 1 is 0.750 bits per heavy atom. The first-order chi connectivity index (χ1) is 9.72. The predicted octanol–water partition coefficient (Wildman–Crippen LogP) is 4.20. The zero-order valence-corrected chi connectivity index (χ0v) is 14.0. The molecule has 2 heterocycles. The van der Waals surface area contributed by atoms with Crippen LogP contribution in [0.2, 0.25) is 0 Å². The molecule has 2 nitrogen and oxygen atoms in total. The van der Waals surface area contributed by atoms with E-state index in [1.54, 1.807) is 0 Å². The summed E-state index contributed by atoms with van der Waals surface area (Å²) >= 11 is 7.18. The summed E-state index contributed by atoms with van der Waals surface area (Å²) in [6.07, 6.45) is 0. The van der Waals surface area contributed by atoms with Gasteiger partial charge in [-0.15, -0.1) is 0 Å². The Hall–Kier alpha value is -0.680. The summed E-state index contributed by atoms with van der Waals surface area (Å²) in [6, 6.07) is 13.9. The van der Waals surface area contributed by atoms with E-state index in [1.165, 1.54) is 22.3 Å². The molecule has 2 aliphatic heterocycles. The van der Waals surface area contributed by atoms with Crippen molar-refractivity contribution in [2.45, 2.75) is 25.2 Å². The highest BCUT2D eigenvalue weighted by molar-refractivity contribution is 9.10. The van der Waals surface area contributed by atoms with E-state index < -0.39 is 0 Å². The molecule has 20 heavy (non-hydrogen) atoms. The van der Waals surface area contributed by atoms with Crippen molar-refractivity contribution in [3.05, 3.63) is 67.6 Å². The number of benzene rings is 2. The number of halogens is 2. The van der Waals surface area contributed by atoms with Crippen LogP contribution in [0.15, 0.2) is 45.3 Å². The molecular weight excluding hydrogens is 380 g/mol. The van der Waals surface area contributed by atoms with E-state index in [-0.39, 0.29) is 0 Å². The molecule has 0 bridgehead atoms. The van der Waals surface area contributed by atoms with Gasteiger partial charge in [0.15, 0.2) is 0 Å². The molecule has 2 atom stereocenters. The van der Waals surface area contributed by atoms with Gasteiger partial charge >= 0.3 is 0 Å². The molecule has 0 saturated carbocycles. The second-order valence-corrected chi connectivity index (χ2v) is 7.23. The monoisotopic (exact) mass is 392 g/mol. The lowest BCUT2D eigenvalue weighted by molar-refractivity contribution is 0.430. The molecule has 102 valence electrons. The van der Waals surface area contributed by atoms with Gasteiger partial charge in [-0.1, -0.05) is 44.0 Å². The highest BCUT2D eigenvalue weighted by Crippen LogP contribution is 2.41. The topological polar surface area (TPSA) is 24.1 Å². The Kier molecular flexibility index (Phi) is 3.22. The lowest BCUT2D eigenvalue weighted by Gasteiger charge is -2.22. The van der Waals surface area contributed by atoms with E-state index in [2.05, 4.69) is 78.9 Å². The minimum Gasteiger partial charge on any atom is -0.304 e. The average Bonchev–Trinajstić information content (AvgIpc) is 3.01. The number of hydrogen-bond acceptors (Lipinski definition) is 2. The van der Waals surface area contributed by atoms with Crippen molar-refractivity contribution in [2.24, 2.45) is 0 Å². The van der Waals surface area contributed by atoms with Gasteiger partial charge in [-0.3, -0.25) is 0 Å². The summed E-state index contributed by atoms with van der Waals surface area (Å²) in [6.45, 7) is 1.91. The second kappa shape index (κ2) is 4.95. The fraction of sp³-hybridized carbons (Fsp3) is 0.250. The minimum absolute atomic E-state index is 0.345. The van der Waals surface area contributed by atoms with Crippen molar-refractivity contribution in [3.63, 3.8) is 0 Å². The Labute approximate surface area is 135 Å². The van der Waals surface area contributed by atoms with Crippen LogP contribution in [0.3, 0.4) is 0 Å². The Morgan fingerprint density at radius 2 is 1.20 bits per heavy atom. The lowest BCUT2D eigenvalue weighted by Crippen LogP contribution is -2.27. The quantitative estimate of drug-likeness (QED) is 0.758. The predicted molar refractivity (Wildman–Crippen MR) is 87.4 cm³/mol. The van der Waals surface area contributed by atoms with Gasteiger partial charge in [-0.25, -0.2) is 0 Å². The Bertz CT molecular complexity index is 625. The van der Waals surface area contributed by atoms with E-state index in [0.717, 1.165) is 22.0 Å². The molecular formula is C16H14Br2N2. The number of hydrogen-bond donors (Lipinski definition) is 2. The summed E-state index contributed by atoms with van der Waals surface area (Å²) in [7, 11) is 0. The summed E-state index contributed by atoms with van der Waals surface area (Å²) in [5.41, 5.74) is 5.63. The maximum absolute atomic E-state index is 3.65. The maximum atomic E-state index is 3.65. The van der Waals surface area contributed by atoms with Crippen LogP contribution >= 0.6 is 31.9 Å². The first-order valence-corrected chi connectivity index (χ1v) is 8.34. The number of rotatable bonds is 1. The number of nitrogens with one attached hydrogen (secondary N) is 2. The summed E-state index contributed by atoms with van der Waals surface area (Å²) in [5.74, 6) is 0. The zero-order chi connectivity index (χ0) is 13.7. The zero-order valence-electron chi connectivity index (χ0n) is 10.8. The second-order valence-electron chi connectivity index (χ2n) is 5.40. The highest BCUT2D eigenvalue weighted by Gasteiger charge is 2.34. The molecule has 2 aromatic carbocycles. The van der Waals surface area contributed by atoms with Crippen molar-refractivity contribution < 1.29 is 0 Å². The van der Waals surface area contributed by atoms with E-state index in [9.17, 15) is 0 Å². The summed E-state index contributed by atoms with van der Waals surface area (Å²) in [4.78, 5) is 0. The van der Waals surface area contributed by atoms with Gasteiger partial charge in [-0.2, -0.15) is 0 Å². The molecule has 4 rings (SSSR count).